The first-order valence-corrected chi connectivity index (χ1v) is 10.7. The van der Waals surface area contributed by atoms with E-state index in [0.29, 0.717) is 35.6 Å². The maximum Gasteiger partial charge on any atom is 0.296 e. The summed E-state index contributed by atoms with van der Waals surface area (Å²) in [6, 6.07) is 14.8. The van der Waals surface area contributed by atoms with Crippen molar-refractivity contribution in [2.75, 3.05) is 18.4 Å². The van der Waals surface area contributed by atoms with Crippen LogP contribution in [0.15, 0.2) is 54.7 Å². The van der Waals surface area contributed by atoms with Crippen LogP contribution in [0.25, 0.3) is 10.9 Å². The lowest BCUT2D eigenvalue weighted by molar-refractivity contribution is -0.131. The van der Waals surface area contributed by atoms with E-state index >= 15 is 0 Å². The highest BCUT2D eigenvalue weighted by Crippen LogP contribution is 2.23. The van der Waals surface area contributed by atoms with Crippen molar-refractivity contribution >= 4 is 34.2 Å². The number of para-hydroxylation sites is 1. The summed E-state index contributed by atoms with van der Waals surface area (Å²) in [7, 11) is 0. The molecule has 0 saturated carbocycles. The van der Waals surface area contributed by atoms with Crippen molar-refractivity contribution in [3.63, 3.8) is 0 Å². The highest BCUT2D eigenvalue weighted by molar-refractivity contribution is 6.48. The van der Waals surface area contributed by atoms with Gasteiger partial charge in [-0.25, -0.2) is 0 Å². The SMILES string of the molecule is CCN(CC)C(=O)Cn1cc(C(=O)C(=O)Nc2ccc(C(C)C)cc2)c2ccccc21. The summed E-state index contributed by atoms with van der Waals surface area (Å²) in [6.07, 6.45) is 1.61. The summed E-state index contributed by atoms with van der Waals surface area (Å²) in [5, 5.41) is 3.34. The standard InChI is InChI=1S/C25H29N3O3/c1-5-27(6-2)23(29)16-28-15-21(20-9-7-8-10-22(20)28)24(30)25(31)26-19-13-11-18(12-14-19)17(3)4/h7-15,17H,5-6,16H2,1-4H3,(H,26,31). The highest BCUT2D eigenvalue weighted by atomic mass is 16.2. The van der Waals surface area contributed by atoms with Crippen LogP contribution < -0.4 is 5.32 Å². The van der Waals surface area contributed by atoms with Crippen molar-refractivity contribution in [1.82, 2.24) is 9.47 Å². The van der Waals surface area contributed by atoms with Crippen LogP contribution in [0.5, 0.6) is 0 Å². The molecule has 0 aliphatic carbocycles. The number of fused-ring (bicyclic) bond motifs is 1. The molecule has 0 aliphatic rings. The fourth-order valence-electron chi connectivity index (χ4n) is 3.64. The van der Waals surface area contributed by atoms with E-state index in [1.807, 2.05) is 44.2 Å². The van der Waals surface area contributed by atoms with Crippen LogP contribution in [-0.2, 0) is 16.1 Å². The number of benzene rings is 2. The van der Waals surface area contributed by atoms with Gasteiger partial charge in [-0.1, -0.05) is 44.2 Å². The number of amides is 2. The topological polar surface area (TPSA) is 71.4 Å². The molecule has 1 aromatic heterocycles. The Hall–Kier alpha value is -3.41. The molecular weight excluding hydrogens is 390 g/mol. The second-order valence-corrected chi connectivity index (χ2v) is 7.81. The van der Waals surface area contributed by atoms with Gasteiger partial charge in [0.1, 0.15) is 6.54 Å². The van der Waals surface area contributed by atoms with Gasteiger partial charge in [0.2, 0.25) is 5.91 Å². The lowest BCUT2D eigenvalue weighted by Crippen LogP contribution is -2.33. The molecule has 0 radical (unpaired) electrons. The van der Waals surface area contributed by atoms with E-state index in [-0.39, 0.29) is 12.5 Å². The first-order chi connectivity index (χ1) is 14.8. The van der Waals surface area contributed by atoms with Crippen LogP contribution in [-0.4, -0.2) is 40.2 Å². The molecule has 6 heteroatoms. The molecule has 1 N–H and O–H groups in total. The molecule has 0 aliphatic heterocycles. The van der Waals surface area contributed by atoms with E-state index in [0.717, 1.165) is 11.1 Å². The predicted molar refractivity (Wildman–Crippen MR) is 123 cm³/mol. The number of Topliss-reactive ketones (excluding diaryl/α,β-unsaturated/α-hetero) is 1. The third-order valence-electron chi connectivity index (χ3n) is 5.50. The van der Waals surface area contributed by atoms with Crippen molar-refractivity contribution < 1.29 is 14.4 Å². The normalized spacial score (nSPS) is 11.0. The number of anilines is 1. The number of ketones is 1. The zero-order valence-electron chi connectivity index (χ0n) is 18.5. The maximum atomic E-state index is 13.0. The third kappa shape index (κ3) is 4.85. The Morgan fingerprint density at radius 3 is 2.23 bits per heavy atom. The fourth-order valence-corrected chi connectivity index (χ4v) is 3.64. The Bertz CT molecular complexity index is 1090. The summed E-state index contributed by atoms with van der Waals surface area (Å²) in [5.74, 6) is -0.968. The van der Waals surface area contributed by atoms with Gasteiger partial charge in [-0.15, -0.1) is 0 Å². The van der Waals surface area contributed by atoms with Gasteiger partial charge in [-0.3, -0.25) is 14.4 Å². The average Bonchev–Trinajstić information content (AvgIpc) is 3.12. The minimum Gasteiger partial charge on any atom is -0.342 e. The van der Waals surface area contributed by atoms with Gasteiger partial charge in [0.25, 0.3) is 11.7 Å². The minimum absolute atomic E-state index is 0.0283. The molecule has 0 fully saturated rings. The van der Waals surface area contributed by atoms with Crippen molar-refractivity contribution in [2.24, 2.45) is 0 Å². The Morgan fingerprint density at radius 2 is 1.61 bits per heavy atom. The third-order valence-corrected chi connectivity index (χ3v) is 5.50. The number of carbonyl (C=O) groups excluding carboxylic acids is 3. The van der Waals surface area contributed by atoms with Crippen LogP contribution >= 0.6 is 0 Å². The van der Waals surface area contributed by atoms with Crippen LogP contribution in [0.1, 0.15) is 49.5 Å². The number of nitrogens with one attached hydrogen (secondary N) is 1. The first-order valence-electron chi connectivity index (χ1n) is 10.7. The van der Waals surface area contributed by atoms with E-state index in [1.54, 1.807) is 33.9 Å². The Morgan fingerprint density at radius 1 is 0.968 bits per heavy atom. The van der Waals surface area contributed by atoms with E-state index < -0.39 is 11.7 Å². The van der Waals surface area contributed by atoms with Crippen LogP contribution in [0.3, 0.4) is 0 Å². The van der Waals surface area contributed by atoms with E-state index in [4.69, 9.17) is 0 Å². The van der Waals surface area contributed by atoms with E-state index in [1.165, 1.54) is 0 Å². The number of hydrogen-bond donors (Lipinski definition) is 1. The lowest BCUT2D eigenvalue weighted by atomic mass is 10.0. The van der Waals surface area contributed by atoms with Crippen LogP contribution in [0, 0.1) is 0 Å². The molecular formula is C25H29N3O3. The summed E-state index contributed by atoms with van der Waals surface area (Å²) < 4.78 is 1.74. The predicted octanol–water partition coefficient (Wildman–Crippen LogP) is 4.45. The zero-order valence-corrected chi connectivity index (χ0v) is 18.5. The molecule has 31 heavy (non-hydrogen) atoms. The lowest BCUT2D eigenvalue weighted by Gasteiger charge is -2.19. The van der Waals surface area contributed by atoms with Gasteiger partial charge in [0.05, 0.1) is 5.56 Å². The van der Waals surface area contributed by atoms with Gasteiger partial charge >= 0.3 is 0 Å². The Labute approximate surface area is 182 Å². The summed E-state index contributed by atoms with van der Waals surface area (Å²) in [6.45, 7) is 9.42. The van der Waals surface area contributed by atoms with Crippen molar-refractivity contribution in [3.05, 3.63) is 65.9 Å². The molecule has 6 nitrogen and oxygen atoms in total. The van der Waals surface area contributed by atoms with Crippen molar-refractivity contribution in [2.45, 2.75) is 40.2 Å². The Kier molecular flexibility index (Phi) is 6.90. The molecule has 0 unspecified atom stereocenters. The number of rotatable bonds is 8. The molecule has 2 aromatic carbocycles. The maximum absolute atomic E-state index is 13.0. The molecule has 0 saturated heterocycles. The molecule has 3 rings (SSSR count). The monoisotopic (exact) mass is 419 g/mol. The molecule has 0 bridgehead atoms. The Balaban J connectivity index is 1.85. The van der Waals surface area contributed by atoms with Gasteiger partial charge in [0.15, 0.2) is 0 Å². The number of nitrogens with zero attached hydrogens (tertiary/aromatic N) is 2. The summed E-state index contributed by atoms with van der Waals surface area (Å²) in [4.78, 5) is 40.0. The van der Waals surface area contributed by atoms with Crippen molar-refractivity contribution in [1.29, 1.82) is 0 Å². The second kappa shape index (κ2) is 9.60. The summed E-state index contributed by atoms with van der Waals surface area (Å²) in [5.41, 5.74) is 2.77. The molecule has 3 aromatic rings. The molecule has 162 valence electrons. The zero-order chi connectivity index (χ0) is 22.5. The average molecular weight is 420 g/mol. The quantitative estimate of drug-likeness (QED) is 0.433. The second-order valence-electron chi connectivity index (χ2n) is 7.81. The van der Waals surface area contributed by atoms with E-state index in [9.17, 15) is 14.4 Å². The number of carbonyl (C=O) groups is 3. The highest BCUT2D eigenvalue weighted by Gasteiger charge is 2.23. The van der Waals surface area contributed by atoms with Crippen molar-refractivity contribution in [3.8, 4) is 0 Å². The van der Waals surface area contributed by atoms with Gasteiger partial charge in [-0.2, -0.15) is 0 Å². The molecule has 0 spiro atoms. The molecule has 2 amide bonds. The minimum atomic E-state index is -0.699. The van der Waals surface area contributed by atoms with Crippen LogP contribution in [0.4, 0.5) is 5.69 Å². The smallest absolute Gasteiger partial charge is 0.296 e. The number of hydrogen-bond acceptors (Lipinski definition) is 3. The van der Waals surface area contributed by atoms with Crippen LogP contribution in [0.2, 0.25) is 0 Å². The van der Waals surface area contributed by atoms with Gasteiger partial charge in [-0.05, 0) is 43.5 Å². The van der Waals surface area contributed by atoms with E-state index in [2.05, 4.69) is 19.2 Å². The molecule has 1 heterocycles. The molecule has 0 atom stereocenters. The van der Waals surface area contributed by atoms with Gasteiger partial charge in [0, 0.05) is 35.9 Å². The first kappa shape index (κ1) is 22.3. The fraction of sp³-hybridized carbons (Fsp3) is 0.320. The van der Waals surface area contributed by atoms with Gasteiger partial charge < -0.3 is 14.8 Å². The number of aromatic nitrogens is 1. The number of likely N-dealkylation sites (N-methyl/N-ethyl adjacent to an activating group) is 1. The summed E-state index contributed by atoms with van der Waals surface area (Å²) >= 11 is 0. The largest absolute Gasteiger partial charge is 0.342 e.